The van der Waals surface area contributed by atoms with E-state index in [9.17, 15) is 14.0 Å². The molecule has 1 aliphatic heterocycles. The van der Waals surface area contributed by atoms with Gasteiger partial charge in [0.05, 0.1) is 5.57 Å². The lowest BCUT2D eigenvalue weighted by Gasteiger charge is -2.17. The molecule has 0 saturated heterocycles. The predicted octanol–water partition coefficient (Wildman–Crippen LogP) is 3.67. The molecule has 1 heterocycles. The Hall–Kier alpha value is -2.95. The van der Waals surface area contributed by atoms with Gasteiger partial charge in [-0.2, -0.15) is 0 Å². The molecular weight excluding hydrogens is 319 g/mol. The highest BCUT2D eigenvalue weighted by atomic mass is 19.1. The predicted molar refractivity (Wildman–Crippen MR) is 94.9 cm³/mol. The highest BCUT2D eigenvalue weighted by molar-refractivity contribution is 6.36. The van der Waals surface area contributed by atoms with Crippen LogP contribution in [-0.4, -0.2) is 23.3 Å². The van der Waals surface area contributed by atoms with Crippen molar-refractivity contribution in [3.63, 3.8) is 0 Å². The normalized spacial score (nSPS) is 14.6. The van der Waals surface area contributed by atoms with Crippen molar-refractivity contribution in [1.82, 2.24) is 4.90 Å². The van der Waals surface area contributed by atoms with Crippen molar-refractivity contribution in [3.8, 4) is 0 Å². The van der Waals surface area contributed by atoms with Gasteiger partial charge in [0, 0.05) is 12.2 Å². The summed E-state index contributed by atoms with van der Waals surface area (Å²) in [6.45, 7) is 4.25. The van der Waals surface area contributed by atoms with E-state index in [4.69, 9.17) is 0 Å². The van der Waals surface area contributed by atoms with Gasteiger partial charge in [-0.25, -0.2) is 4.39 Å². The number of rotatable bonds is 5. The summed E-state index contributed by atoms with van der Waals surface area (Å²) in [6, 6.07) is 14.8. The smallest absolute Gasteiger partial charge is 0.278 e. The zero-order valence-corrected chi connectivity index (χ0v) is 14.1. The Morgan fingerprint density at radius 1 is 0.960 bits per heavy atom. The third kappa shape index (κ3) is 3.45. The maximum absolute atomic E-state index is 13.1. The average molecular weight is 338 g/mol. The first kappa shape index (κ1) is 16.9. The summed E-state index contributed by atoms with van der Waals surface area (Å²) in [5.74, 6) is -0.871. The van der Waals surface area contributed by atoms with E-state index in [1.54, 1.807) is 12.1 Å². The molecule has 2 aromatic carbocycles. The first-order chi connectivity index (χ1) is 12.0. The van der Waals surface area contributed by atoms with Gasteiger partial charge in [0.1, 0.15) is 11.5 Å². The maximum Gasteiger partial charge on any atom is 0.278 e. The molecule has 0 aliphatic carbocycles. The van der Waals surface area contributed by atoms with Crippen molar-refractivity contribution in [2.75, 3.05) is 11.9 Å². The fourth-order valence-corrected chi connectivity index (χ4v) is 2.77. The number of nitrogens with zero attached hydrogens (tertiary/aromatic N) is 1. The molecule has 2 amide bonds. The fraction of sp³-hybridized carbons (Fsp3) is 0.200. The van der Waals surface area contributed by atoms with Gasteiger partial charge in [-0.1, -0.05) is 44.2 Å². The summed E-state index contributed by atoms with van der Waals surface area (Å²) in [4.78, 5) is 26.9. The Balaban J connectivity index is 2.03. The number of hydrogen-bond acceptors (Lipinski definition) is 3. The second-order valence-electron chi connectivity index (χ2n) is 6.36. The van der Waals surface area contributed by atoms with Crippen LogP contribution in [0.3, 0.4) is 0 Å². The summed E-state index contributed by atoms with van der Waals surface area (Å²) >= 11 is 0. The van der Waals surface area contributed by atoms with E-state index in [-0.39, 0.29) is 29.2 Å². The molecule has 0 aromatic heterocycles. The summed E-state index contributed by atoms with van der Waals surface area (Å²) in [5.41, 5.74) is 1.80. The molecular formula is C20H19FN2O2. The Morgan fingerprint density at radius 2 is 1.60 bits per heavy atom. The zero-order chi connectivity index (χ0) is 18.0. The minimum Gasteiger partial charge on any atom is -0.350 e. The summed E-state index contributed by atoms with van der Waals surface area (Å²) in [6.07, 6.45) is 0. The minimum absolute atomic E-state index is 0.162. The van der Waals surface area contributed by atoms with Crippen molar-refractivity contribution in [1.29, 1.82) is 0 Å². The topological polar surface area (TPSA) is 49.4 Å². The number of nitrogens with one attached hydrogen (secondary N) is 1. The summed E-state index contributed by atoms with van der Waals surface area (Å²) in [5, 5.41) is 3.00. The third-order valence-corrected chi connectivity index (χ3v) is 3.89. The van der Waals surface area contributed by atoms with Crippen LogP contribution >= 0.6 is 0 Å². The second-order valence-corrected chi connectivity index (χ2v) is 6.36. The maximum atomic E-state index is 13.1. The number of hydrogen-bond donors (Lipinski definition) is 1. The highest BCUT2D eigenvalue weighted by Gasteiger charge is 2.39. The van der Waals surface area contributed by atoms with Crippen molar-refractivity contribution < 1.29 is 14.0 Å². The van der Waals surface area contributed by atoms with E-state index in [2.05, 4.69) is 5.32 Å². The number of benzene rings is 2. The van der Waals surface area contributed by atoms with Crippen molar-refractivity contribution in [2.24, 2.45) is 5.92 Å². The van der Waals surface area contributed by atoms with Crippen molar-refractivity contribution in [3.05, 3.63) is 71.7 Å². The Labute approximate surface area is 146 Å². The Bertz CT molecular complexity index is 827. The molecule has 128 valence electrons. The van der Waals surface area contributed by atoms with E-state index in [1.165, 1.54) is 29.2 Å². The van der Waals surface area contributed by atoms with E-state index in [1.807, 2.05) is 32.0 Å². The van der Waals surface area contributed by atoms with Crippen molar-refractivity contribution in [2.45, 2.75) is 13.8 Å². The van der Waals surface area contributed by atoms with Gasteiger partial charge in [-0.15, -0.1) is 0 Å². The van der Waals surface area contributed by atoms with Gasteiger partial charge in [0.2, 0.25) is 0 Å². The molecule has 1 aliphatic rings. The quantitative estimate of drug-likeness (QED) is 0.846. The van der Waals surface area contributed by atoms with E-state index >= 15 is 0 Å². The summed E-state index contributed by atoms with van der Waals surface area (Å²) in [7, 11) is 0. The molecule has 0 radical (unpaired) electrons. The van der Waals surface area contributed by atoms with E-state index in [0.29, 0.717) is 23.4 Å². The largest absolute Gasteiger partial charge is 0.350 e. The second kappa shape index (κ2) is 6.89. The molecule has 0 bridgehead atoms. The molecule has 5 heteroatoms. The first-order valence-electron chi connectivity index (χ1n) is 8.16. The minimum atomic E-state index is -0.363. The summed E-state index contributed by atoms with van der Waals surface area (Å²) < 4.78 is 13.1. The van der Waals surface area contributed by atoms with Crippen LogP contribution in [0.25, 0.3) is 5.57 Å². The monoisotopic (exact) mass is 338 g/mol. The number of halogens is 1. The van der Waals surface area contributed by atoms with Gasteiger partial charge in [0.25, 0.3) is 11.8 Å². The van der Waals surface area contributed by atoms with Crippen LogP contribution in [0.2, 0.25) is 0 Å². The van der Waals surface area contributed by atoms with Crippen LogP contribution in [0, 0.1) is 11.7 Å². The number of imide groups is 1. The zero-order valence-electron chi connectivity index (χ0n) is 14.1. The SMILES string of the molecule is CC(C)CN1C(=O)C(Nc2ccc(F)cc2)=C(c2ccccc2)C1=O. The van der Waals surface area contributed by atoms with Gasteiger partial charge < -0.3 is 5.32 Å². The number of anilines is 1. The lowest BCUT2D eigenvalue weighted by Crippen LogP contribution is -2.35. The molecule has 0 atom stereocenters. The van der Waals surface area contributed by atoms with Gasteiger partial charge >= 0.3 is 0 Å². The Kier molecular flexibility index (Phi) is 4.65. The first-order valence-corrected chi connectivity index (χ1v) is 8.16. The molecule has 25 heavy (non-hydrogen) atoms. The third-order valence-electron chi connectivity index (χ3n) is 3.89. The number of carbonyl (C=O) groups is 2. The lowest BCUT2D eigenvalue weighted by molar-refractivity contribution is -0.137. The van der Waals surface area contributed by atoms with Crippen LogP contribution in [0.1, 0.15) is 19.4 Å². The van der Waals surface area contributed by atoms with Crippen LogP contribution in [0.15, 0.2) is 60.3 Å². The van der Waals surface area contributed by atoms with E-state index < -0.39 is 0 Å². The van der Waals surface area contributed by atoms with E-state index in [0.717, 1.165) is 0 Å². The highest BCUT2D eigenvalue weighted by Crippen LogP contribution is 2.30. The molecule has 0 spiro atoms. The molecule has 1 N–H and O–H groups in total. The average Bonchev–Trinajstić information content (AvgIpc) is 2.82. The molecule has 0 saturated carbocycles. The van der Waals surface area contributed by atoms with Crippen LogP contribution in [0.5, 0.6) is 0 Å². The van der Waals surface area contributed by atoms with Crippen LogP contribution in [0.4, 0.5) is 10.1 Å². The molecule has 3 rings (SSSR count). The number of amides is 2. The number of carbonyl (C=O) groups excluding carboxylic acids is 2. The Morgan fingerprint density at radius 3 is 2.20 bits per heavy atom. The molecule has 2 aromatic rings. The van der Waals surface area contributed by atoms with Crippen LogP contribution in [-0.2, 0) is 9.59 Å². The molecule has 0 unspecified atom stereocenters. The lowest BCUT2D eigenvalue weighted by atomic mass is 10.0. The van der Waals surface area contributed by atoms with Gasteiger partial charge in [-0.05, 0) is 35.7 Å². The standard InChI is InChI=1S/C20H19FN2O2/c1-13(2)12-23-19(24)17(14-6-4-3-5-7-14)18(20(23)25)22-16-10-8-15(21)9-11-16/h3-11,13,22H,12H2,1-2H3. The van der Waals surface area contributed by atoms with Crippen LogP contribution < -0.4 is 5.32 Å². The fourth-order valence-electron chi connectivity index (χ4n) is 2.77. The molecule has 0 fully saturated rings. The van der Waals surface area contributed by atoms with Gasteiger partial charge in [0.15, 0.2) is 0 Å². The van der Waals surface area contributed by atoms with Crippen molar-refractivity contribution >= 4 is 23.1 Å². The van der Waals surface area contributed by atoms with Gasteiger partial charge in [-0.3, -0.25) is 14.5 Å². The molecule has 4 nitrogen and oxygen atoms in total.